The van der Waals surface area contributed by atoms with Gasteiger partial charge in [0.25, 0.3) is 0 Å². The lowest BCUT2D eigenvalue weighted by Crippen LogP contribution is -2.36. The molecule has 0 spiro atoms. The van der Waals surface area contributed by atoms with Crippen molar-refractivity contribution in [3.05, 3.63) is 16.1 Å². The number of imidazole rings is 1. The Bertz CT molecular complexity index is 399. The largest absolute Gasteiger partial charge is 0.379 e. The van der Waals surface area contributed by atoms with Crippen molar-refractivity contribution < 1.29 is 4.74 Å². The quantitative estimate of drug-likeness (QED) is 0.834. The molecular weight excluding hydrogens is 282 g/mol. The van der Waals surface area contributed by atoms with Crippen molar-refractivity contribution >= 4 is 15.9 Å². The highest BCUT2D eigenvalue weighted by Gasteiger charge is 2.21. The molecule has 0 unspecified atom stereocenters. The highest BCUT2D eigenvalue weighted by molar-refractivity contribution is 9.10. The molecule has 0 aliphatic carbocycles. The maximum atomic E-state index is 5.38. The average Bonchev–Trinajstić information content (AvgIpc) is 2.69. The van der Waals surface area contributed by atoms with Crippen molar-refractivity contribution in [1.82, 2.24) is 14.5 Å². The summed E-state index contributed by atoms with van der Waals surface area (Å²) >= 11 is 3.58. The molecule has 5 heteroatoms. The predicted molar refractivity (Wildman–Crippen MR) is 69.0 cm³/mol. The normalized spacial score (nSPS) is 21.5. The van der Waals surface area contributed by atoms with Crippen molar-refractivity contribution in [2.75, 3.05) is 26.3 Å². The van der Waals surface area contributed by atoms with Crippen LogP contribution in [0.25, 0.3) is 0 Å². The van der Waals surface area contributed by atoms with Crippen LogP contribution in [0.4, 0.5) is 0 Å². The Kier molecular flexibility index (Phi) is 3.49. The lowest BCUT2D eigenvalue weighted by atomic mass is 10.1. The fourth-order valence-electron chi connectivity index (χ4n) is 2.67. The molecule has 0 bridgehead atoms. The third-order valence-electron chi connectivity index (χ3n) is 3.63. The third kappa shape index (κ3) is 2.41. The second kappa shape index (κ2) is 5.08. The zero-order valence-electron chi connectivity index (χ0n) is 9.99. The SMILES string of the molecule is Brc1nc(CN2CCOCC2)c2n1CCCC2. The van der Waals surface area contributed by atoms with E-state index in [0.717, 1.165) is 44.1 Å². The standard InChI is InChI=1S/C12H18BrN3O/c13-12-14-10(9-15-5-7-17-8-6-15)11-3-1-2-4-16(11)12/h1-9H2. The van der Waals surface area contributed by atoms with Crippen molar-refractivity contribution in [3.8, 4) is 0 Å². The number of ether oxygens (including phenoxy) is 1. The minimum absolute atomic E-state index is 0.858. The number of morpholine rings is 1. The number of hydrogen-bond acceptors (Lipinski definition) is 3. The van der Waals surface area contributed by atoms with Crippen LogP contribution in [0.15, 0.2) is 4.73 Å². The molecule has 0 radical (unpaired) electrons. The van der Waals surface area contributed by atoms with E-state index in [4.69, 9.17) is 4.74 Å². The fourth-order valence-corrected chi connectivity index (χ4v) is 3.28. The number of rotatable bonds is 2. The Balaban J connectivity index is 1.78. The van der Waals surface area contributed by atoms with Gasteiger partial charge in [-0.2, -0.15) is 0 Å². The van der Waals surface area contributed by atoms with Crippen LogP contribution in [0.1, 0.15) is 24.2 Å². The summed E-state index contributed by atoms with van der Waals surface area (Å²) in [6, 6.07) is 0. The first-order chi connectivity index (χ1) is 8.34. The van der Waals surface area contributed by atoms with Crippen LogP contribution in [0.5, 0.6) is 0 Å². The molecule has 0 aromatic carbocycles. The molecule has 0 amide bonds. The lowest BCUT2D eigenvalue weighted by molar-refractivity contribution is 0.0335. The Labute approximate surface area is 110 Å². The van der Waals surface area contributed by atoms with E-state index in [1.165, 1.54) is 30.7 Å². The zero-order chi connectivity index (χ0) is 11.7. The predicted octanol–water partition coefficient (Wildman–Crippen LogP) is 1.81. The molecule has 3 rings (SSSR count). The minimum atomic E-state index is 0.858. The molecule has 17 heavy (non-hydrogen) atoms. The molecule has 1 aromatic heterocycles. The Hall–Kier alpha value is -0.390. The van der Waals surface area contributed by atoms with Gasteiger partial charge < -0.3 is 9.30 Å². The third-order valence-corrected chi connectivity index (χ3v) is 4.24. The van der Waals surface area contributed by atoms with E-state index in [1.54, 1.807) is 0 Å². The Morgan fingerprint density at radius 1 is 1.18 bits per heavy atom. The maximum Gasteiger partial charge on any atom is 0.177 e. The summed E-state index contributed by atoms with van der Waals surface area (Å²) in [5.41, 5.74) is 2.70. The second-order valence-corrected chi connectivity index (χ2v) is 5.48. The van der Waals surface area contributed by atoms with Gasteiger partial charge in [-0.3, -0.25) is 4.90 Å². The molecule has 94 valence electrons. The highest BCUT2D eigenvalue weighted by Crippen LogP contribution is 2.25. The lowest BCUT2D eigenvalue weighted by Gasteiger charge is -2.26. The molecule has 0 atom stereocenters. The van der Waals surface area contributed by atoms with Gasteiger partial charge in [0, 0.05) is 31.9 Å². The number of aromatic nitrogens is 2. The molecular formula is C12H18BrN3O. The van der Waals surface area contributed by atoms with Crippen molar-refractivity contribution in [2.45, 2.75) is 32.4 Å². The van der Waals surface area contributed by atoms with Gasteiger partial charge in [-0.25, -0.2) is 4.98 Å². The van der Waals surface area contributed by atoms with Crippen molar-refractivity contribution in [2.24, 2.45) is 0 Å². The molecule has 1 aromatic rings. The maximum absolute atomic E-state index is 5.38. The monoisotopic (exact) mass is 299 g/mol. The van der Waals surface area contributed by atoms with Crippen LogP contribution < -0.4 is 0 Å². The van der Waals surface area contributed by atoms with Crippen LogP contribution in [0.3, 0.4) is 0 Å². The van der Waals surface area contributed by atoms with Crippen LogP contribution >= 0.6 is 15.9 Å². The van der Waals surface area contributed by atoms with Crippen LogP contribution in [0, 0.1) is 0 Å². The van der Waals surface area contributed by atoms with Gasteiger partial charge >= 0.3 is 0 Å². The van der Waals surface area contributed by atoms with Crippen molar-refractivity contribution in [3.63, 3.8) is 0 Å². The van der Waals surface area contributed by atoms with Gasteiger partial charge in [-0.05, 0) is 35.2 Å². The van der Waals surface area contributed by atoms with Gasteiger partial charge in [-0.1, -0.05) is 0 Å². The van der Waals surface area contributed by atoms with Gasteiger partial charge in [0.15, 0.2) is 4.73 Å². The van der Waals surface area contributed by atoms with Crippen LogP contribution in [-0.2, 0) is 24.2 Å². The fraction of sp³-hybridized carbons (Fsp3) is 0.750. The molecule has 2 aliphatic rings. The van der Waals surface area contributed by atoms with Gasteiger partial charge in [0.1, 0.15) is 0 Å². The molecule has 3 heterocycles. The summed E-state index contributed by atoms with van der Waals surface area (Å²) in [7, 11) is 0. The summed E-state index contributed by atoms with van der Waals surface area (Å²) in [5, 5.41) is 0. The topological polar surface area (TPSA) is 30.3 Å². The van der Waals surface area contributed by atoms with Crippen molar-refractivity contribution in [1.29, 1.82) is 0 Å². The summed E-state index contributed by atoms with van der Waals surface area (Å²) in [4.78, 5) is 7.12. The molecule has 2 aliphatic heterocycles. The molecule has 0 N–H and O–H groups in total. The molecule has 1 fully saturated rings. The molecule has 0 saturated carbocycles. The molecule has 4 nitrogen and oxygen atoms in total. The van der Waals surface area contributed by atoms with Crippen LogP contribution in [-0.4, -0.2) is 40.8 Å². The van der Waals surface area contributed by atoms with E-state index in [2.05, 4.69) is 30.4 Å². The van der Waals surface area contributed by atoms with E-state index < -0.39 is 0 Å². The van der Waals surface area contributed by atoms with E-state index in [0.29, 0.717) is 0 Å². The van der Waals surface area contributed by atoms with Gasteiger partial charge in [0.2, 0.25) is 0 Å². The first-order valence-corrected chi connectivity index (χ1v) is 7.18. The van der Waals surface area contributed by atoms with Gasteiger partial charge in [0.05, 0.1) is 18.9 Å². The first kappa shape index (κ1) is 11.7. The number of fused-ring (bicyclic) bond motifs is 1. The number of nitrogens with zero attached hydrogens (tertiary/aromatic N) is 3. The zero-order valence-corrected chi connectivity index (χ0v) is 11.6. The second-order valence-electron chi connectivity index (χ2n) is 4.77. The minimum Gasteiger partial charge on any atom is -0.379 e. The van der Waals surface area contributed by atoms with E-state index in [9.17, 15) is 0 Å². The van der Waals surface area contributed by atoms with E-state index >= 15 is 0 Å². The summed E-state index contributed by atoms with van der Waals surface area (Å²) < 4.78 is 8.72. The van der Waals surface area contributed by atoms with E-state index in [-0.39, 0.29) is 0 Å². The smallest absolute Gasteiger partial charge is 0.177 e. The highest BCUT2D eigenvalue weighted by atomic mass is 79.9. The Morgan fingerprint density at radius 2 is 2.00 bits per heavy atom. The summed E-state index contributed by atoms with van der Waals surface area (Å²) in [6.45, 7) is 5.87. The Morgan fingerprint density at radius 3 is 2.82 bits per heavy atom. The summed E-state index contributed by atoms with van der Waals surface area (Å²) in [5.74, 6) is 0. The van der Waals surface area contributed by atoms with Gasteiger partial charge in [-0.15, -0.1) is 0 Å². The molecule has 1 saturated heterocycles. The average molecular weight is 300 g/mol. The van der Waals surface area contributed by atoms with Crippen LogP contribution in [0.2, 0.25) is 0 Å². The van der Waals surface area contributed by atoms with E-state index in [1.807, 2.05) is 0 Å². The number of halogens is 1. The number of hydrogen-bond donors (Lipinski definition) is 0. The summed E-state index contributed by atoms with van der Waals surface area (Å²) in [6.07, 6.45) is 3.76. The first-order valence-electron chi connectivity index (χ1n) is 6.38.